The van der Waals surface area contributed by atoms with E-state index in [1.165, 1.54) is 63.6 Å². The number of ether oxygens (including phenoxy) is 2. The molecule has 3 rings (SSSR count). The van der Waals surface area contributed by atoms with Crippen LogP contribution in [0, 0.1) is 0 Å². The van der Waals surface area contributed by atoms with Crippen LogP contribution < -0.4 is 25.1 Å². The molecule has 0 radical (unpaired) electrons. The number of nitrogens with one attached hydrogen (secondary N) is 2. The zero-order chi connectivity index (χ0) is 21.2. The third kappa shape index (κ3) is 4.32. The molecule has 0 saturated carbocycles. The molecule has 0 aliphatic carbocycles. The van der Waals surface area contributed by atoms with Crippen molar-refractivity contribution in [1.29, 1.82) is 0 Å². The van der Waals surface area contributed by atoms with Crippen molar-refractivity contribution in [3.05, 3.63) is 52.9 Å². The van der Waals surface area contributed by atoms with Crippen molar-refractivity contribution >= 4 is 38.3 Å². The van der Waals surface area contributed by atoms with Crippen LogP contribution in [-0.4, -0.2) is 28.5 Å². The molecule has 0 saturated heterocycles. The minimum Gasteiger partial charge on any atom is -0.493 e. The summed E-state index contributed by atoms with van der Waals surface area (Å²) < 4.78 is 43.3. The third-order valence-electron chi connectivity index (χ3n) is 3.96. The predicted octanol–water partition coefficient (Wildman–Crippen LogP) is 2.57. The largest absolute Gasteiger partial charge is 0.493 e. The van der Waals surface area contributed by atoms with Gasteiger partial charge in [0.25, 0.3) is 10.0 Å². The molecule has 9 nitrogen and oxygen atoms in total. The first-order valence-corrected chi connectivity index (χ1v) is 9.82. The first kappa shape index (κ1) is 20.2. The molecular weight excluding hydrogens is 400 g/mol. The van der Waals surface area contributed by atoms with Crippen LogP contribution >= 0.6 is 0 Å². The van der Waals surface area contributed by atoms with E-state index in [4.69, 9.17) is 13.9 Å². The molecule has 0 unspecified atom stereocenters. The highest BCUT2D eigenvalue weighted by atomic mass is 32.2. The third-order valence-corrected chi connectivity index (χ3v) is 5.34. The number of methoxy groups -OCH3 is 2. The number of amides is 1. The highest BCUT2D eigenvalue weighted by Crippen LogP contribution is 2.30. The van der Waals surface area contributed by atoms with Crippen molar-refractivity contribution < 1.29 is 27.1 Å². The molecule has 2 N–H and O–H groups in total. The smallest absolute Gasteiger partial charge is 0.360 e. The van der Waals surface area contributed by atoms with Crippen LogP contribution in [0.4, 0.5) is 11.4 Å². The molecule has 0 atom stereocenters. The van der Waals surface area contributed by atoms with Gasteiger partial charge in [0, 0.05) is 24.1 Å². The van der Waals surface area contributed by atoms with E-state index in [0.29, 0.717) is 11.1 Å². The SMILES string of the molecule is COc1ccc(S(=O)(=O)Nc2ccc3oc(=O)c(NC(C)=O)cc3c2)cc1OC. The Labute approximate surface area is 166 Å². The summed E-state index contributed by atoms with van der Waals surface area (Å²) in [5, 5.41) is 2.80. The molecular formula is C19H18N2O7S. The molecule has 1 amide bonds. The lowest BCUT2D eigenvalue weighted by Gasteiger charge is -2.12. The fourth-order valence-corrected chi connectivity index (χ4v) is 3.73. The number of carbonyl (C=O) groups excluding carboxylic acids is 1. The maximum Gasteiger partial charge on any atom is 0.360 e. The van der Waals surface area contributed by atoms with Crippen LogP contribution in [0.1, 0.15) is 6.92 Å². The van der Waals surface area contributed by atoms with Crippen molar-refractivity contribution in [2.45, 2.75) is 11.8 Å². The number of hydrogen-bond donors (Lipinski definition) is 2. The minimum absolute atomic E-state index is 0.0197. The fourth-order valence-electron chi connectivity index (χ4n) is 2.66. The second kappa shape index (κ2) is 7.84. The van der Waals surface area contributed by atoms with Crippen molar-refractivity contribution in [3.8, 4) is 11.5 Å². The molecule has 152 valence electrons. The maximum absolute atomic E-state index is 12.7. The highest BCUT2D eigenvalue weighted by molar-refractivity contribution is 7.92. The zero-order valence-electron chi connectivity index (χ0n) is 15.8. The van der Waals surface area contributed by atoms with Gasteiger partial charge in [0.1, 0.15) is 11.3 Å². The molecule has 2 aromatic carbocycles. The Balaban J connectivity index is 1.97. The number of anilines is 2. The highest BCUT2D eigenvalue weighted by Gasteiger charge is 2.18. The standard InChI is InChI=1S/C19H18N2O7S/c1-11(22)20-15-9-12-8-13(4-6-16(12)28-19(15)23)21-29(24,25)14-5-7-17(26-2)18(10-14)27-3/h4-10,21H,1-3H3,(H,20,22). The van der Waals surface area contributed by atoms with Gasteiger partial charge in [0.05, 0.1) is 19.1 Å². The lowest BCUT2D eigenvalue weighted by molar-refractivity contribution is -0.114. The van der Waals surface area contributed by atoms with E-state index < -0.39 is 21.6 Å². The van der Waals surface area contributed by atoms with E-state index in [1.54, 1.807) is 0 Å². The van der Waals surface area contributed by atoms with E-state index in [-0.39, 0.29) is 27.6 Å². The van der Waals surface area contributed by atoms with Crippen LogP contribution in [-0.2, 0) is 14.8 Å². The van der Waals surface area contributed by atoms with Crippen molar-refractivity contribution in [3.63, 3.8) is 0 Å². The Morgan fingerprint density at radius 2 is 1.72 bits per heavy atom. The normalized spacial score (nSPS) is 11.1. The second-order valence-corrected chi connectivity index (χ2v) is 7.69. The van der Waals surface area contributed by atoms with Crippen molar-refractivity contribution in [1.82, 2.24) is 0 Å². The van der Waals surface area contributed by atoms with Gasteiger partial charge in [-0.1, -0.05) is 0 Å². The summed E-state index contributed by atoms with van der Waals surface area (Å²) in [6.07, 6.45) is 0. The van der Waals surface area contributed by atoms with Gasteiger partial charge in [-0.2, -0.15) is 0 Å². The van der Waals surface area contributed by atoms with Gasteiger partial charge >= 0.3 is 5.63 Å². The second-order valence-electron chi connectivity index (χ2n) is 6.00. The fraction of sp³-hybridized carbons (Fsp3) is 0.158. The number of benzene rings is 2. The summed E-state index contributed by atoms with van der Waals surface area (Å²) in [6, 6.07) is 10.0. The van der Waals surface area contributed by atoms with Crippen molar-refractivity contribution in [2.75, 3.05) is 24.3 Å². The minimum atomic E-state index is -3.92. The monoisotopic (exact) mass is 418 g/mol. The van der Waals surface area contributed by atoms with Gasteiger partial charge < -0.3 is 19.2 Å². The Kier molecular flexibility index (Phi) is 5.46. The predicted molar refractivity (Wildman–Crippen MR) is 107 cm³/mol. The van der Waals surface area contributed by atoms with Gasteiger partial charge in [-0.25, -0.2) is 13.2 Å². The van der Waals surface area contributed by atoms with Gasteiger partial charge in [0.2, 0.25) is 5.91 Å². The summed E-state index contributed by atoms with van der Waals surface area (Å²) in [7, 11) is -1.06. The van der Waals surface area contributed by atoms with Crippen LogP contribution in [0.5, 0.6) is 11.5 Å². The zero-order valence-corrected chi connectivity index (χ0v) is 16.6. The summed E-state index contributed by atoms with van der Waals surface area (Å²) >= 11 is 0. The number of fused-ring (bicyclic) bond motifs is 1. The van der Waals surface area contributed by atoms with Gasteiger partial charge in [0.15, 0.2) is 11.5 Å². The maximum atomic E-state index is 12.7. The molecule has 29 heavy (non-hydrogen) atoms. The topological polar surface area (TPSA) is 124 Å². The molecule has 10 heteroatoms. The number of carbonyl (C=O) groups is 1. The summed E-state index contributed by atoms with van der Waals surface area (Å²) in [5.41, 5.74) is -0.246. The quantitative estimate of drug-likeness (QED) is 0.590. The van der Waals surface area contributed by atoms with E-state index >= 15 is 0 Å². The first-order chi connectivity index (χ1) is 13.7. The lowest BCUT2D eigenvalue weighted by Crippen LogP contribution is -2.15. The molecule has 1 aromatic heterocycles. The van der Waals surface area contributed by atoms with E-state index in [2.05, 4.69) is 10.0 Å². The first-order valence-electron chi connectivity index (χ1n) is 8.34. The van der Waals surface area contributed by atoms with Crippen LogP contribution in [0.15, 0.2) is 56.6 Å². The van der Waals surface area contributed by atoms with E-state index in [9.17, 15) is 18.0 Å². The molecule has 0 aliphatic heterocycles. The summed E-state index contributed by atoms with van der Waals surface area (Å²) in [4.78, 5) is 23.1. The van der Waals surface area contributed by atoms with Crippen LogP contribution in [0.2, 0.25) is 0 Å². The van der Waals surface area contributed by atoms with Crippen LogP contribution in [0.3, 0.4) is 0 Å². The number of sulfonamides is 1. The molecule has 0 aliphatic rings. The van der Waals surface area contributed by atoms with Crippen molar-refractivity contribution in [2.24, 2.45) is 0 Å². The average Bonchev–Trinajstić information content (AvgIpc) is 2.67. The molecule has 3 aromatic rings. The van der Waals surface area contributed by atoms with Gasteiger partial charge in [-0.05, 0) is 36.4 Å². The Bertz CT molecular complexity index is 1250. The average molecular weight is 418 g/mol. The van der Waals surface area contributed by atoms with E-state index in [0.717, 1.165) is 0 Å². The Morgan fingerprint density at radius 1 is 1.00 bits per heavy atom. The van der Waals surface area contributed by atoms with Crippen LogP contribution in [0.25, 0.3) is 11.0 Å². The summed E-state index contributed by atoms with van der Waals surface area (Å²) in [5.74, 6) is 0.246. The molecule has 0 fully saturated rings. The Hall–Kier alpha value is -3.53. The Morgan fingerprint density at radius 3 is 2.38 bits per heavy atom. The number of hydrogen-bond acceptors (Lipinski definition) is 7. The number of rotatable bonds is 6. The van der Waals surface area contributed by atoms with E-state index in [1.807, 2.05) is 0 Å². The van der Waals surface area contributed by atoms with Gasteiger partial charge in [-0.15, -0.1) is 0 Å². The molecule has 1 heterocycles. The lowest BCUT2D eigenvalue weighted by atomic mass is 10.2. The molecule has 0 bridgehead atoms. The summed E-state index contributed by atoms with van der Waals surface area (Å²) in [6.45, 7) is 1.26. The molecule has 0 spiro atoms. The van der Waals surface area contributed by atoms with Gasteiger partial charge in [-0.3, -0.25) is 9.52 Å².